The van der Waals surface area contributed by atoms with Gasteiger partial charge >= 0.3 is 41.3 Å². The molecule has 0 unspecified atom stereocenters. The zero-order chi connectivity index (χ0) is 28.8. The van der Waals surface area contributed by atoms with Crippen LogP contribution in [0.4, 0.5) is 0 Å². The fourth-order valence-electron chi connectivity index (χ4n) is 5.23. The van der Waals surface area contributed by atoms with Gasteiger partial charge in [0.15, 0.2) is 0 Å². The average Bonchev–Trinajstić information content (AvgIpc) is 3.65. The monoisotopic (exact) mass is 668 g/mol. The summed E-state index contributed by atoms with van der Waals surface area (Å²) in [5.74, 6) is 0. The molecule has 0 fully saturated rings. The molecule has 42 heavy (non-hydrogen) atoms. The normalized spacial score (nSPS) is 11.2. The second-order valence-electron chi connectivity index (χ2n) is 11.8. The van der Waals surface area contributed by atoms with E-state index in [1.54, 1.807) is 24.2 Å². The Kier molecular flexibility index (Phi) is 13.5. The minimum atomic E-state index is -0.0640. The first kappa shape index (κ1) is 35.8. The second kappa shape index (κ2) is 15.9. The number of rotatable bonds is 4. The summed E-state index contributed by atoms with van der Waals surface area (Å²) in [5.41, 5.74) is 10.7. The summed E-state index contributed by atoms with van der Waals surface area (Å²) in [6, 6.07) is 47.0. The van der Waals surface area contributed by atoms with Crippen LogP contribution in [0.1, 0.15) is 74.9 Å². The molecule has 0 radical (unpaired) electrons. The van der Waals surface area contributed by atoms with Crippen LogP contribution >= 0.6 is 0 Å². The van der Waals surface area contributed by atoms with Gasteiger partial charge in [-0.15, -0.1) is 11.1 Å². The third kappa shape index (κ3) is 8.57. The molecule has 1 aliphatic rings. The number of benzene rings is 4. The van der Waals surface area contributed by atoms with E-state index in [0.29, 0.717) is 0 Å². The van der Waals surface area contributed by atoms with Gasteiger partial charge in [0.1, 0.15) is 0 Å². The van der Waals surface area contributed by atoms with E-state index in [4.69, 9.17) is 0 Å². The maximum Gasteiger partial charge on any atom is -0.172 e. The molecule has 0 bridgehead atoms. The third-order valence-corrected chi connectivity index (χ3v) is 7.73. The second-order valence-corrected chi connectivity index (χ2v) is 14.2. The molecule has 0 N–H and O–H groups in total. The summed E-state index contributed by atoms with van der Waals surface area (Å²) in [6.45, 7) is 13.5. The first-order valence-corrected chi connectivity index (χ1v) is 15.3. The molecular formula is C39H40Cl2Zr-2. The fourth-order valence-corrected chi connectivity index (χ4v) is 5.23. The first-order valence-electron chi connectivity index (χ1n) is 14.1. The van der Waals surface area contributed by atoms with Crippen molar-refractivity contribution in [3.63, 3.8) is 0 Å². The Morgan fingerprint density at radius 2 is 1.14 bits per heavy atom. The van der Waals surface area contributed by atoms with Crippen LogP contribution in [0, 0.1) is 6.07 Å². The smallest absolute Gasteiger partial charge is 0.172 e. The van der Waals surface area contributed by atoms with Crippen LogP contribution in [0.3, 0.4) is 0 Å². The van der Waals surface area contributed by atoms with Crippen molar-refractivity contribution in [2.75, 3.05) is 0 Å². The van der Waals surface area contributed by atoms with E-state index >= 15 is 0 Å². The molecule has 0 saturated heterocycles. The Hall–Kier alpha value is -2.44. The van der Waals surface area contributed by atoms with Crippen LogP contribution in [0.15, 0.2) is 121 Å². The molecule has 0 saturated carbocycles. The quantitative estimate of drug-likeness (QED) is 0.250. The van der Waals surface area contributed by atoms with E-state index < -0.39 is 0 Å². The number of halogens is 2. The summed E-state index contributed by atoms with van der Waals surface area (Å²) in [7, 11) is 0. The van der Waals surface area contributed by atoms with E-state index in [2.05, 4.69) is 139 Å². The van der Waals surface area contributed by atoms with Gasteiger partial charge in [0.05, 0.1) is 0 Å². The predicted octanol–water partition coefficient (Wildman–Crippen LogP) is 3.87. The van der Waals surface area contributed by atoms with E-state index in [-0.39, 0.29) is 35.6 Å². The third-order valence-electron chi connectivity index (χ3n) is 7.73. The minimum Gasteiger partial charge on any atom is -1.00 e. The molecule has 0 aliphatic heterocycles. The van der Waals surface area contributed by atoms with Gasteiger partial charge in [-0.1, -0.05) is 112 Å². The Morgan fingerprint density at radius 1 is 0.643 bits per heavy atom. The Balaban J connectivity index is 0.000000487. The van der Waals surface area contributed by atoms with Crippen LogP contribution < -0.4 is 24.8 Å². The minimum absolute atomic E-state index is 0. The summed E-state index contributed by atoms with van der Waals surface area (Å²) in [6.07, 6.45) is 0.960. The Morgan fingerprint density at radius 3 is 1.64 bits per heavy atom. The summed E-state index contributed by atoms with van der Waals surface area (Å²) in [5, 5.41) is 0. The van der Waals surface area contributed by atoms with Crippen LogP contribution in [0.5, 0.6) is 0 Å². The molecule has 6 rings (SSSR count). The number of hydrogen-bond donors (Lipinski definition) is 0. The van der Waals surface area contributed by atoms with E-state index in [9.17, 15) is 0 Å². The molecule has 3 heteroatoms. The average molecular weight is 671 g/mol. The number of hydrogen-bond acceptors (Lipinski definition) is 0. The molecule has 0 amide bonds. The zero-order valence-electron chi connectivity index (χ0n) is 25.5. The van der Waals surface area contributed by atoms with Gasteiger partial charge in [-0.05, 0) is 34.1 Å². The zero-order valence-corrected chi connectivity index (χ0v) is 29.5. The molecule has 0 spiro atoms. The molecule has 1 aliphatic carbocycles. The molecule has 0 heterocycles. The van der Waals surface area contributed by atoms with Crippen LogP contribution in [-0.4, -0.2) is 3.21 Å². The van der Waals surface area contributed by atoms with Gasteiger partial charge in [0.2, 0.25) is 0 Å². The van der Waals surface area contributed by atoms with Gasteiger partial charge in [-0.2, -0.15) is 42.0 Å². The topological polar surface area (TPSA) is 0 Å². The predicted molar refractivity (Wildman–Crippen MR) is 169 cm³/mol. The maximum atomic E-state index is 3.80. The SMILES string of the molecule is CC(C)(c1[c-]c2c(cc1)-c1ccc(C(C)(C)c3ccccc3)cc1C2)c1ccccc1.C[C](C)=[Zr+2].[Cl-].[Cl-].c1cc[cH-]c1. The number of fused-ring (bicyclic) bond motifs is 3. The van der Waals surface area contributed by atoms with Gasteiger partial charge < -0.3 is 24.8 Å². The van der Waals surface area contributed by atoms with Crippen molar-refractivity contribution >= 4 is 3.21 Å². The van der Waals surface area contributed by atoms with Crippen molar-refractivity contribution < 1.29 is 49.0 Å². The summed E-state index contributed by atoms with van der Waals surface area (Å²) in [4.78, 5) is 0. The van der Waals surface area contributed by atoms with Gasteiger partial charge in [0.25, 0.3) is 0 Å². The van der Waals surface area contributed by atoms with E-state index in [0.717, 1.165) is 6.42 Å². The van der Waals surface area contributed by atoms with Crippen molar-refractivity contribution in [2.45, 2.75) is 58.8 Å². The molecule has 5 aromatic rings. The van der Waals surface area contributed by atoms with Crippen LogP contribution in [0.2, 0.25) is 0 Å². The van der Waals surface area contributed by atoms with Crippen molar-refractivity contribution in [1.82, 2.24) is 0 Å². The van der Waals surface area contributed by atoms with E-state index in [1.165, 1.54) is 47.7 Å². The van der Waals surface area contributed by atoms with Crippen LogP contribution in [0.25, 0.3) is 11.1 Å². The summed E-state index contributed by atoms with van der Waals surface area (Å²) >= 11 is 1.55. The molecule has 0 aromatic heterocycles. The van der Waals surface area contributed by atoms with Crippen molar-refractivity contribution in [2.24, 2.45) is 0 Å². The molecule has 0 nitrogen and oxygen atoms in total. The largest absolute Gasteiger partial charge is 1.00 e. The maximum absolute atomic E-state index is 3.80. The molecule has 5 aromatic carbocycles. The standard InChI is InChI=1S/C31H29.C5H5.C3H6.2ClH.Zr/c1-30(2,24-11-7-5-8-12-24)26-15-17-28-22(20-26)19-23-21-27(16-18-29(23)28)31(3,4)25-13-9-6-10-14-25;1-2-4-5-3-1;1-3-2;;;/h5-18,20H,19H2,1-4H3;1-5H;1-2H3;2*1H;/q2*-1;;;;+2/p-2. The van der Waals surface area contributed by atoms with Crippen molar-refractivity contribution in [1.29, 1.82) is 0 Å². The fraction of sp³-hybridized carbons (Fsp3) is 0.231. The molecule has 0 atom stereocenters. The van der Waals surface area contributed by atoms with Crippen molar-refractivity contribution in [3.05, 3.63) is 161 Å². The van der Waals surface area contributed by atoms with Crippen LogP contribution in [-0.2, 0) is 41.5 Å². The molecule has 216 valence electrons. The molecular weight excluding hydrogens is 631 g/mol. The first-order chi connectivity index (χ1) is 19.1. The Labute approximate surface area is 281 Å². The summed E-state index contributed by atoms with van der Waals surface area (Å²) < 4.78 is 1.51. The van der Waals surface area contributed by atoms with Crippen molar-refractivity contribution in [3.8, 4) is 11.1 Å². The van der Waals surface area contributed by atoms with Gasteiger partial charge in [-0.3, -0.25) is 0 Å². The van der Waals surface area contributed by atoms with E-state index in [1.807, 2.05) is 30.3 Å². The van der Waals surface area contributed by atoms with Gasteiger partial charge in [-0.25, -0.2) is 12.1 Å². The Bertz CT molecular complexity index is 1410. The van der Waals surface area contributed by atoms with Gasteiger partial charge in [0, 0.05) is 5.41 Å².